The van der Waals surface area contributed by atoms with Crippen molar-refractivity contribution in [3.05, 3.63) is 0 Å². The molecule has 36 heavy (non-hydrogen) atoms. The molecule has 0 unspecified atom stereocenters. The van der Waals surface area contributed by atoms with Gasteiger partial charge in [0.25, 0.3) is 0 Å². The second kappa shape index (κ2) is 14.5. The first-order chi connectivity index (χ1) is 17.3. The topological polar surface area (TPSA) is 157 Å². The molecule has 3 fully saturated rings. The number of halogens is 2. The van der Waals surface area contributed by atoms with Crippen molar-refractivity contribution in [1.82, 2.24) is 0 Å². The molecule has 0 saturated carbocycles. The fraction of sp³-hybridized carbons (Fsp3) is 1.00. The molecular formula is C23H40F2O11. The van der Waals surface area contributed by atoms with Crippen molar-refractivity contribution in [2.45, 2.75) is 119 Å². The summed E-state index contributed by atoms with van der Waals surface area (Å²) >= 11 is 0. The number of hydrogen-bond donors (Lipinski definition) is 5. The van der Waals surface area contributed by atoms with E-state index in [0.717, 1.165) is 32.1 Å². The highest BCUT2D eigenvalue weighted by Crippen LogP contribution is 2.32. The van der Waals surface area contributed by atoms with Crippen LogP contribution in [0.2, 0.25) is 0 Å². The lowest BCUT2D eigenvalue weighted by molar-refractivity contribution is -0.226. The fourth-order valence-electron chi connectivity index (χ4n) is 4.51. The molecule has 0 aliphatic carbocycles. The summed E-state index contributed by atoms with van der Waals surface area (Å²) in [5.41, 5.74) is 0. The van der Waals surface area contributed by atoms with Crippen LogP contribution in [0, 0.1) is 0 Å². The Kier molecular flexibility index (Phi) is 12.1. The highest BCUT2D eigenvalue weighted by atomic mass is 19.1. The zero-order valence-corrected chi connectivity index (χ0v) is 20.4. The molecule has 3 rings (SSSR count). The first-order valence-corrected chi connectivity index (χ1v) is 12.7. The second-order valence-corrected chi connectivity index (χ2v) is 9.46. The van der Waals surface area contributed by atoms with Crippen LogP contribution < -0.4 is 0 Å². The third-order valence-electron chi connectivity index (χ3n) is 6.73. The molecule has 0 radical (unpaired) electrons. The first-order valence-electron chi connectivity index (χ1n) is 12.7. The lowest BCUT2D eigenvalue weighted by atomic mass is 10.1. The number of rotatable bonds is 15. The Morgan fingerprint density at radius 3 is 1.75 bits per heavy atom. The van der Waals surface area contributed by atoms with E-state index >= 15 is 0 Å². The number of alkyl halides is 2. The van der Waals surface area contributed by atoms with Gasteiger partial charge in [0.2, 0.25) is 0 Å². The van der Waals surface area contributed by atoms with Gasteiger partial charge in [0.1, 0.15) is 68.3 Å². The van der Waals surface area contributed by atoms with Crippen LogP contribution in [-0.2, 0) is 28.4 Å². The molecule has 3 heterocycles. The maximum atomic E-state index is 13.1. The molecule has 3 saturated heterocycles. The predicted octanol–water partition coefficient (Wildman–Crippen LogP) is -0.316. The quantitative estimate of drug-likeness (QED) is 0.177. The van der Waals surface area contributed by atoms with Crippen molar-refractivity contribution in [1.29, 1.82) is 0 Å². The molecule has 0 bridgehead atoms. The van der Waals surface area contributed by atoms with Crippen LogP contribution in [0.25, 0.3) is 0 Å². The number of unbranched alkanes of at least 4 members (excludes halogenated alkanes) is 5. The average Bonchev–Trinajstić information content (AvgIpc) is 3.44. The second-order valence-electron chi connectivity index (χ2n) is 9.46. The molecule has 0 aromatic carbocycles. The predicted molar refractivity (Wildman–Crippen MR) is 118 cm³/mol. The summed E-state index contributed by atoms with van der Waals surface area (Å²) in [6.07, 6.45) is -9.86. The van der Waals surface area contributed by atoms with E-state index in [1.165, 1.54) is 6.42 Å². The lowest BCUT2D eigenvalue weighted by Gasteiger charge is -2.26. The molecule has 212 valence electrons. The monoisotopic (exact) mass is 530 g/mol. The van der Waals surface area contributed by atoms with Crippen LogP contribution in [0.1, 0.15) is 45.4 Å². The van der Waals surface area contributed by atoms with E-state index < -0.39 is 87.2 Å². The van der Waals surface area contributed by atoms with Gasteiger partial charge in [-0.2, -0.15) is 0 Å². The molecule has 13 heteroatoms. The molecule has 0 spiro atoms. The summed E-state index contributed by atoms with van der Waals surface area (Å²) in [6, 6.07) is 0. The van der Waals surface area contributed by atoms with Gasteiger partial charge in [-0.15, -0.1) is 0 Å². The average molecular weight is 531 g/mol. The molecule has 12 atom stereocenters. The van der Waals surface area contributed by atoms with E-state index in [4.69, 9.17) is 28.4 Å². The minimum Gasteiger partial charge on any atom is -0.387 e. The third-order valence-corrected chi connectivity index (χ3v) is 6.73. The standard InChI is InChI=1S/C23H40F2O11/c1-2-3-4-5-6-7-8-31-22-19(30)20(36-23-18(29)16(27)13(10-25)34-23)14(35-22)11-32-21-17(28)15(26)12(9-24)33-21/h12-23,26-30H,2-11H2,1H3/t12-,13-,14-,15-,16-,17+,18+,19+,20-,21+,22+,23-/m1/s1. The van der Waals surface area contributed by atoms with Crippen LogP contribution >= 0.6 is 0 Å². The molecule has 3 aliphatic rings. The van der Waals surface area contributed by atoms with E-state index in [-0.39, 0.29) is 6.61 Å². The van der Waals surface area contributed by atoms with Crippen LogP contribution in [0.15, 0.2) is 0 Å². The van der Waals surface area contributed by atoms with Gasteiger partial charge >= 0.3 is 0 Å². The zero-order valence-electron chi connectivity index (χ0n) is 20.4. The molecule has 5 N–H and O–H groups in total. The van der Waals surface area contributed by atoms with Gasteiger partial charge in [-0.1, -0.05) is 39.0 Å². The molecule has 0 aromatic rings. The summed E-state index contributed by atoms with van der Waals surface area (Å²) in [6.45, 7) is 0.0485. The van der Waals surface area contributed by atoms with Crippen LogP contribution in [0.4, 0.5) is 8.78 Å². The minimum atomic E-state index is -1.57. The summed E-state index contributed by atoms with van der Waals surface area (Å²) in [5.74, 6) is 0. The Morgan fingerprint density at radius 2 is 1.14 bits per heavy atom. The Balaban J connectivity index is 1.57. The number of aliphatic hydroxyl groups is 5. The van der Waals surface area contributed by atoms with E-state index in [2.05, 4.69) is 6.92 Å². The van der Waals surface area contributed by atoms with Gasteiger partial charge in [0.05, 0.1) is 6.61 Å². The maximum absolute atomic E-state index is 13.1. The Labute approximate surface area is 209 Å². The van der Waals surface area contributed by atoms with E-state index in [1.54, 1.807) is 0 Å². The Hall–Kier alpha value is -0.580. The van der Waals surface area contributed by atoms with E-state index in [1.807, 2.05) is 0 Å². The highest BCUT2D eigenvalue weighted by Gasteiger charge is 2.52. The molecule has 0 amide bonds. The van der Waals surface area contributed by atoms with Gasteiger partial charge < -0.3 is 54.0 Å². The van der Waals surface area contributed by atoms with Crippen LogP contribution in [-0.4, -0.2) is 126 Å². The largest absolute Gasteiger partial charge is 0.387 e. The first kappa shape index (κ1) is 30.0. The Morgan fingerprint density at radius 1 is 0.611 bits per heavy atom. The number of ether oxygens (including phenoxy) is 6. The van der Waals surface area contributed by atoms with Crippen molar-refractivity contribution in [3.63, 3.8) is 0 Å². The number of hydrogen-bond acceptors (Lipinski definition) is 11. The van der Waals surface area contributed by atoms with Gasteiger partial charge in [-0.25, -0.2) is 8.78 Å². The van der Waals surface area contributed by atoms with E-state index in [0.29, 0.717) is 6.61 Å². The van der Waals surface area contributed by atoms with Gasteiger partial charge in [0, 0.05) is 6.61 Å². The summed E-state index contributed by atoms with van der Waals surface area (Å²) in [7, 11) is 0. The molecule has 3 aliphatic heterocycles. The zero-order chi connectivity index (χ0) is 26.2. The van der Waals surface area contributed by atoms with Crippen molar-refractivity contribution in [2.75, 3.05) is 26.6 Å². The third kappa shape index (κ3) is 7.29. The lowest BCUT2D eigenvalue weighted by Crippen LogP contribution is -2.44. The SMILES string of the molecule is CCCCCCCCO[C@H]1O[C@H](CO[C@H]2O[C@H](CF)[C@@H](O)[C@@H]2O)[C@@H](O[C@H]2O[C@H](CF)[C@@H](O)[C@@H]2O)[C@@H]1O. The summed E-state index contributed by atoms with van der Waals surface area (Å²) in [4.78, 5) is 0. The minimum absolute atomic E-state index is 0.314. The summed E-state index contributed by atoms with van der Waals surface area (Å²) in [5, 5.41) is 50.8. The molecule has 11 nitrogen and oxygen atoms in total. The van der Waals surface area contributed by atoms with Crippen molar-refractivity contribution in [2.24, 2.45) is 0 Å². The van der Waals surface area contributed by atoms with Gasteiger partial charge in [-0.05, 0) is 6.42 Å². The van der Waals surface area contributed by atoms with Crippen molar-refractivity contribution in [3.8, 4) is 0 Å². The maximum Gasteiger partial charge on any atom is 0.187 e. The van der Waals surface area contributed by atoms with Crippen LogP contribution in [0.5, 0.6) is 0 Å². The highest BCUT2D eigenvalue weighted by molar-refractivity contribution is 4.93. The fourth-order valence-corrected chi connectivity index (χ4v) is 4.51. The number of aliphatic hydroxyl groups excluding tert-OH is 5. The van der Waals surface area contributed by atoms with Crippen molar-refractivity contribution >= 4 is 0 Å². The van der Waals surface area contributed by atoms with Gasteiger partial charge in [-0.3, -0.25) is 0 Å². The summed E-state index contributed by atoms with van der Waals surface area (Å²) < 4.78 is 59.0. The van der Waals surface area contributed by atoms with E-state index in [9.17, 15) is 34.3 Å². The van der Waals surface area contributed by atoms with Gasteiger partial charge in [0.15, 0.2) is 18.9 Å². The Bertz CT molecular complexity index is 635. The normalized spacial score (nSPS) is 43.0. The molecule has 0 aromatic heterocycles. The smallest absolute Gasteiger partial charge is 0.187 e. The van der Waals surface area contributed by atoms with Crippen LogP contribution in [0.3, 0.4) is 0 Å². The molecular weight excluding hydrogens is 490 g/mol. The van der Waals surface area contributed by atoms with Crippen molar-refractivity contribution < 1.29 is 62.7 Å².